The van der Waals surface area contributed by atoms with E-state index in [1.54, 1.807) is 0 Å². The summed E-state index contributed by atoms with van der Waals surface area (Å²) in [6.07, 6.45) is 0. The lowest BCUT2D eigenvalue weighted by atomic mass is 10.2. The van der Waals surface area contributed by atoms with Crippen molar-refractivity contribution in [3.8, 4) is 11.4 Å². The molecule has 3 nitrogen and oxygen atoms in total. The van der Waals surface area contributed by atoms with Crippen molar-refractivity contribution in [3.05, 3.63) is 37.9 Å². The SMILES string of the molecule is CNc1nc(-c2ccc(Br)cc2Cl)nc(C)c1Br. The van der Waals surface area contributed by atoms with Crippen molar-refractivity contribution in [3.63, 3.8) is 0 Å². The number of nitrogens with zero attached hydrogens (tertiary/aromatic N) is 2. The Kier molecular flexibility index (Phi) is 4.25. The molecule has 1 aromatic heterocycles. The van der Waals surface area contributed by atoms with Gasteiger partial charge in [-0.25, -0.2) is 9.97 Å². The zero-order valence-electron chi connectivity index (χ0n) is 9.76. The molecule has 0 saturated carbocycles. The van der Waals surface area contributed by atoms with E-state index in [0.29, 0.717) is 10.8 Å². The molecule has 94 valence electrons. The number of rotatable bonds is 2. The molecule has 0 unspecified atom stereocenters. The van der Waals surface area contributed by atoms with Crippen molar-refractivity contribution in [1.82, 2.24) is 9.97 Å². The van der Waals surface area contributed by atoms with Crippen LogP contribution in [0.5, 0.6) is 0 Å². The highest BCUT2D eigenvalue weighted by Crippen LogP contribution is 2.31. The summed E-state index contributed by atoms with van der Waals surface area (Å²) in [5.41, 5.74) is 1.68. The van der Waals surface area contributed by atoms with E-state index >= 15 is 0 Å². The van der Waals surface area contributed by atoms with Gasteiger partial charge in [-0.05, 0) is 41.1 Å². The molecule has 1 N–H and O–H groups in total. The highest BCUT2D eigenvalue weighted by atomic mass is 79.9. The van der Waals surface area contributed by atoms with Crippen molar-refractivity contribution in [2.24, 2.45) is 0 Å². The molecule has 2 rings (SSSR count). The highest BCUT2D eigenvalue weighted by molar-refractivity contribution is 9.11. The van der Waals surface area contributed by atoms with Gasteiger partial charge in [-0.15, -0.1) is 0 Å². The Balaban J connectivity index is 2.60. The van der Waals surface area contributed by atoms with E-state index in [9.17, 15) is 0 Å². The monoisotopic (exact) mass is 389 g/mol. The zero-order valence-corrected chi connectivity index (χ0v) is 13.7. The van der Waals surface area contributed by atoms with Crippen LogP contribution in [0.15, 0.2) is 27.1 Å². The first-order valence-corrected chi connectivity index (χ1v) is 7.16. The second-order valence-electron chi connectivity index (χ2n) is 3.67. The van der Waals surface area contributed by atoms with Crippen molar-refractivity contribution >= 4 is 49.3 Å². The predicted molar refractivity (Wildman–Crippen MR) is 82.2 cm³/mol. The third kappa shape index (κ3) is 2.68. The molecule has 0 fully saturated rings. The summed E-state index contributed by atoms with van der Waals surface area (Å²) in [5, 5.41) is 3.65. The van der Waals surface area contributed by atoms with Crippen molar-refractivity contribution in [2.45, 2.75) is 6.92 Å². The van der Waals surface area contributed by atoms with Crippen LogP contribution in [0.25, 0.3) is 11.4 Å². The molecule has 0 aliphatic heterocycles. The van der Waals surface area contributed by atoms with Crippen LogP contribution >= 0.6 is 43.5 Å². The first-order chi connectivity index (χ1) is 8.52. The standard InChI is InChI=1S/C12H10Br2ClN3/c1-6-10(14)12(16-2)18-11(17-6)8-4-3-7(13)5-9(8)15/h3-5H,1-2H3,(H,16,17,18). The van der Waals surface area contributed by atoms with E-state index in [1.807, 2.05) is 32.2 Å². The van der Waals surface area contributed by atoms with E-state index in [1.165, 1.54) is 0 Å². The van der Waals surface area contributed by atoms with Crippen LogP contribution < -0.4 is 5.32 Å². The fraction of sp³-hybridized carbons (Fsp3) is 0.167. The van der Waals surface area contributed by atoms with E-state index in [2.05, 4.69) is 47.1 Å². The van der Waals surface area contributed by atoms with Crippen molar-refractivity contribution in [2.75, 3.05) is 12.4 Å². The lowest BCUT2D eigenvalue weighted by molar-refractivity contribution is 1.09. The van der Waals surface area contributed by atoms with Crippen molar-refractivity contribution in [1.29, 1.82) is 0 Å². The number of aromatic nitrogens is 2. The molecule has 0 bridgehead atoms. The molecule has 0 amide bonds. The Labute approximate surface area is 127 Å². The smallest absolute Gasteiger partial charge is 0.163 e. The maximum atomic E-state index is 6.21. The Bertz CT molecular complexity index is 602. The first-order valence-electron chi connectivity index (χ1n) is 5.20. The normalized spacial score (nSPS) is 10.5. The zero-order chi connectivity index (χ0) is 13.3. The lowest BCUT2D eigenvalue weighted by Crippen LogP contribution is -2.01. The number of hydrogen-bond donors (Lipinski definition) is 1. The van der Waals surface area contributed by atoms with Crippen LogP contribution in [0.4, 0.5) is 5.82 Å². The summed E-state index contributed by atoms with van der Waals surface area (Å²) in [7, 11) is 1.82. The van der Waals surface area contributed by atoms with E-state index in [-0.39, 0.29) is 0 Å². The summed E-state index contributed by atoms with van der Waals surface area (Å²) < 4.78 is 1.79. The van der Waals surface area contributed by atoms with Gasteiger partial charge in [0.2, 0.25) is 0 Å². The van der Waals surface area contributed by atoms with Gasteiger partial charge in [0.15, 0.2) is 5.82 Å². The molecular formula is C12H10Br2ClN3. The largest absolute Gasteiger partial charge is 0.372 e. The van der Waals surface area contributed by atoms with Crippen LogP contribution in [0, 0.1) is 6.92 Å². The van der Waals surface area contributed by atoms with Gasteiger partial charge in [-0.2, -0.15) is 0 Å². The fourth-order valence-corrected chi connectivity index (χ4v) is 2.65. The van der Waals surface area contributed by atoms with Crippen LogP contribution in [0.2, 0.25) is 5.02 Å². The second kappa shape index (κ2) is 5.55. The Morgan fingerprint density at radius 1 is 1.22 bits per heavy atom. The first kappa shape index (κ1) is 13.8. The summed E-state index contributed by atoms with van der Waals surface area (Å²) in [5.74, 6) is 1.36. The summed E-state index contributed by atoms with van der Waals surface area (Å²) in [4.78, 5) is 8.89. The highest BCUT2D eigenvalue weighted by Gasteiger charge is 2.12. The number of anilines is 1. The maximum Gasteiger partial charge on any atom is 0.163 e. The van der Waals surface area contributed by atoms with Gasteiger partial charge in [-0.3, -0.25) is 0 Å². The molecule has 18 heavy (non-hydrogen) atoms. The molecular weight excluding hydrogens is 381 g/mol. The minimum Gasteiger partial charge on any atom is -0.372 e. The summed E-state index contributed by atoms with van der Waals surface area (Å²) in [6.45, 7) is 1.92. The number of nitrogens with one attached hydrogen (secondary N) is 1. The average Bonchev–Trinajstić information content (AvgIpc) is 2.32. The van der Waals surface area contributed by atoms with Crippen LogP contribution in [0.3, 0.4) is 0 Å². The third-order valence-electron chi connectivity index (χ3n) is 2.43. The molecule has 0 spiro atoms. The van der Waals surface area contributed by atoms with E-state index in [0.717, 1.165) is 26.0 Å². The molecule has 0 saturated heterocycles. The Hall–Kier alpha value is -0.650. The predicted octanol–water partition coefficient (Wildman–Crippen LogP) is 4.67. The van der Waals surface area contributed by atoms with Gasteiger partial charge in [0.05, 0.1) is 15.2 Å². The lowest BCUT2D eigenvalue weighted by Gasteiger charge is -2.09. The molecule has 0 aliphatic rings. The molecule has 1 aromatic carbocycles. The van der Waals surface area contributed by atoms with Gasteiger partial charge < -0.3 is 5.32 Å². The van der Waals surface area contributed by atoms with Gasteiger partial charge in [0.1, 0.15) is 5.82 Å². The minimum absolute atomic E-state index is 0.609. The van der Waals surface area contributed by atoms with Crippen LogP contribution in [-0.4, -0.2) is 17.0 Å². The molecule has 0 atom stereocenters. The minimum atomic E-state index is 0.609. The van der Waals surface area contributed by atoms with Crippen molar-refractivity contribution < 1.29 is 0 Å². The Morgan fingerprint density at radius 3 is 2.56 bits per heavy atom. The van der Waals surface area contributed by atoms with E-state index in [4.69, 9.17) is 11.6 Å². The summed E-state index contributed by atoms with van der Waals surface area (Å²) >= 11 is 13.0. The third-order valence-corrected chi connectivity index (χ3v) is 4.18. The van der Waals surface area contributed by atoms with Gasteiger partial charge >= 0.3 is 0 Å². The van der Waals surface area contributed by atoms with Gasteiger partial charge in [0.25, 0.3) is 0 Å². The Morgan fingerprint density at radius 2 is 1.94 bits per heavy atom. The van der Waals surface area contributed by atoms with Crippen LogP contribution in [0.1, 0.15) is 5.69 Å². The van der Waals surface area contributed by atoms with Gasteiger partial charge in [-0.1, -0.05) is 27.5 Å². The average molecular weight is 391 g/mol. The molecule has 6 heteroatoms. The molecule has 2 aromatic rings. The number of hydrogen-bond acceptors (Lipinski definition) is 3. The van der Waals surface area contributed by atoms with Gasteiger partial charge in [0, 0.05) is 17.1 Å². The quantitative estimate of drug-likeness (QED) is 0.808. The summed E-state index contributed by atoms with van der Waals surface area (Å²) in [6, 6.07) is 5.65. The number of benzene rings is 1. The topological polar surface area (TPSA) is 37.8 Å². The molecule has 1 heterocycles. The van der Waals surface area contributed by atoms with E-state index < -0.39 is 0 Å². The van der Waals surface area contributed by atoms with Crippen LogP contribution in [-0.2, 0) is 0 Å². The fourth-order valence-electron chi connectivity index (χ4n) is 1.52. The number of aryl methyl sites for hydroxylation is 1. The molecule has 0 radical (unpaired) electrons. The number of halogens is 3. The molecule has 0 aliphatic carbocycles. The second-order valence-corrected chi connectivity index (χ2v) is 5.79. The maximum absolute atomic E-state index is 6.21.